The molecule has 34 heavy (non-hydrogen) atoms. The number of hydrogen-bond donors (Lipinski definition) is 1. The lowest BCUT2D eigenvalue weighted by Crippen LogP contribution is -2.42. The van der Waals surface area contributed by atoms with E-state index in [1.807, 2.05) is 94.6 Å². The minimum Gasteiger partial charge on any atom is -0.361 e. The first kappa shape index (κ1) is 20.4. The molecule has 2 aromatic heterocycles. The maximum Gasteiger partial charge on any atom is 0.258 e. The van der Waals surface area contributed by atoms with E-state index in [9.17, 15) is 4.79 Å². The second-order valence-electron chi connectivity index (χ2n) is 8.20. The molecule has 0 fully saturated rings. The highest BCUT2D eigenvalue weighted by Crippen LogP contribution is 2.39. The zero-order valence-corrected chi connectivity index (χ0v) is 19.2. The van der Waals surface area contributed by atoms with Crippen LogP contribution in [0, 0.1) is 0 Å². The summed E-state index contributed by atoms with van der Waals surface area (Å²) in [5, 5.41) is 10.7. The molecule has 5 nitrogen and oxygen atoms in total. The van der Waals surface area contributed by atoms with Crippen LogP contribution in [0.25, 0.3) is 16.3 Å². The molecule has 1 N–H and O–H groups in total. The number of aromatic nitrogens is 2. The van der Waals surface area contributed by atoms with Gasteiger partial charge in [0.05, 0.1) is 16.1 Å². The molecule has 166 valence electrons. The van der Waals surface area contributed by atoms with Crippen molar-refractivity contribution in [1.29, 1.82) is 0 Å². The van der Waals surface area contributed by atoms with Crippen LogP contribution in [0.2, 0.25) is 0 Å². The molecule has 1 atom stereocenters. The number of para-hydroxylation sites is 2. The van der Waals surface area contributed by atoms with Crippen LogP contribution in [-0.4, -0.2) is 20.6 Å². The molecule has 0 spiro atoms. The van der Waals surface area contributed by atoms with E-state index in [-0.39, 0.29) is 12.1 Å². The summed E-state index contributed by atoms with van der Waals surface area (Å²) < 4.78 is 1.90. The summed E-state index contributed by atoms with van der Waals surface area (Å²) in [7, 11) is 0. The molecule has 5 aromatic rings. The van der Waals surface area contributed by atoms with Gasteiger partial charge in [-0.25, -0.2) is 4.68 Å². The fourth-order valence-corrected chi connectivity index (χ4v) is 5.12. The number of fused-ring (bicyclic) bond motifs is 1. The molecule has 1 aliphatic heterocycles. The quantitative estimate of drug-likeness (QED) is 0.330. The topological polar surface area (TPSA) is 50.2 Å². The molecule has 6 heteroatoms. The van der Waals surface area contributed by atoms with Gasteiger partial charge in [0, 0.05) is 24.0 Å². The third-order valence-corrected chi connectivity index (χ3v) is 6.91. The van der Waals surface area contributed by atoms with Crippen molar-refractivity contribution in [2.45, 2.75) is 12.7 Å². The van der Waals surface area contributed by atoms with Crippen LogP contribution in [0.4, 0.5) is 5.69 Å². The predicted molar refractivity (Wildman–Crippen MR) is 136 cm³/mol. The molecule has 0 aliphatic carbocycles. The van der Waals surface area contributed by atoms with E-state index >= 15 is 0 Å². The van der Waals surface area contributed by atoms with Crippen molar-refractivity contribution in [3.8, 4) is 16.3 Å². The third kappa shape index (κ3) is 3.68. The van der Waals surface area contributed by atoms with E-state index in [4.69, 9.17) is 5.10 Å². The third-order valence-electron chi connectivity index (χ3n) is 6.03. The molecule has 3 aromatic carbocycles. The van der Waals surface area contributed by atoms with Crippen molar-refractivity contribution in [2.24, 2.45) is 0 Å². The highest BCUT2D eigenvalue weighted by atomic mass is 32.1. The van der Waals surface area contributed by atoms with E-state index in [1.54, 1.807) is 11.3 Å². The number of amides is 1. The molecule has 0 saturated carbocycles. The zero-order valence-electron chi connectivity index (χ0n) is 18.3. The van der Waals surface area contributed by atoms with Crippen LogP contribution in [0.3, 0.4) is 0 Å². The number of anilines is 1. The van der Waals surface area contributed by atoms with Gasteiger partial charge in [0.25, 0.3) is 5.91 Å². The molecule has 3 heterocycles. The lowest BCUT2D eigenvalue weighted by molar-refractivity contribution is 0.0667. The number of nitrogens with zero attached hydrogens (tertiary/aromatic N) is 3. The molecule has 1 aliphatic rings. The van der Waals surface area contributed by atoms with Gasteiger partial charge in [-0.15, -0.1) is 11.3 Å². The number of nitrogens with one attached hydrogen (secondary N) is 1. The Morgan fingerprint density at radius 1 is 0.853 bits per heavy atom. The van der Waals surface area contributed by atoms with Crippen LogP contribution >= 0.6 is 11.3 Å². The lowest BCUT2D eigenvalue weighted by Gasteiger charge is -2.38. The van der Waals surface area contributed by atoms with Crippen LogP contribution in [0.1, 0.15) is 27.7 Å². The number of rotatable bonds is 5. The molecule has 0 bridgehead atoms. The average Bonchev–Trinajstić information content (AvgIpc) is 3.57. The summed E-state index contributed by atoms with van der Waals surface area (Å²) in [6, 6.07) is 32.0. The maximum atomic E-state index is 13.7. The smallest absolute Gasteiger partial charge is 0.258 e. The largest absolute Gasteiger partial charge is 0.361 e. The van der Waals surface area contributed by atoms with E-state index in [1.165, 1.54) is 0 Å². The standard InChI is InChI=1S/C28H22N4OS/c33-28-22-14-7-8-15-24(22)29-27(31(28)18-20-10-3-1-4-11-20)23-19-32(21-12-5-2-6-13-21)30-26(23)25-16-9-17-34-25/h1-17,19,27,29H,18H2. The summed E-state index contributed by atoms with van der Waals surface area (Å²) in [6.07, 6.45) is 1.68. The molecular formula is C28H22N4OS. The molecule has 1 unspecified atom stereocenters. The monoisotopic (exact) mass is 462 g/mol. The molecule has 0 saturated heterocycles. The molecular weight excluding hydrogens is 440 g/mol. The first-order valence-corrected chi connectivity index (χ1v) is 12.1. The van der Waals surface area contributed by atoms with Crippen LogP contribution in [0.15, 0.2) is 109 Å². The Hall–Kier alpha value is -4.16. The van der Waals surface area contributed by atoms with Crippen molar-refractivity contribution in [3.63, 3.8) is 0 Å². The fourth-order valence-electron chi connectivity index (χ4n) is 4.39. The Morgan fingerprint density at radius 3 is 2.35 bits per heavy atom. The van der Waals surface area contributed by atoms with Gasteiger partial charge in [0.15, 0.2) is 0 Å². The summed E-state index contributed by atoms with van der Waals surface area (Å²) >= 11 is 1.65. The lowest BCUT2D eigenvalue weighted by atomic mass is 10.0. The Labute approximate surface area is 201 Å². The van der Waals surface area contributed by atoms with Gasteiger partial charge in [-0.1, -0.05) is 66.7 Å². The summed E-state index contributed by atoms with van der Waals surface area (Å²) in [5.74, 6) is 0.00722. The highest BCUT2D eigenvalue weighted by molar-refractivity contribution is 7.13. The number of thiophene rings is 1. The van der Waals surface area contributed by atoms with Gasteiger partial charge in [0.1, 0.15) is 11.9 Å². The molecule has 1 amide bonds. The summed E-state index contributed by atoms with van der Waals surface area (Å²) in [6.45, 7) is 0.492. The number of carbonyl (C=O) groups excluding carboxylic acids is 1. The van der Waals surface area contributed by atoms with E-state index in [0.29, 0.717) is 12.1 Å². The van der Waals surface area contributed by atoms with E-state index < -0.39 is 0 Å². The molecule has 0 radical (unpaired) electrons. The minimum absolute atomic E-state index is 0.00722. The maximum absolute atomic E-state index is 13.7. The van der Waals surface area contributed by atoms with Crippen LogP contribution in [0.5, 0.6) is 0 Å². The van der Waals surface area contributed by atoms with Gasteiger partial charge in [0.2, 0.25) is 0 Å². The average molecular weight is 463 g/mol. The van der Waals surface area contributed by atoms with Crippen molar-refractivity contribution < 1.29 is 4.79 Å². The second-order valence-corrected chi connectivity index (χ2v) is 9.15. The Bertz CT molecular complexity index is 1430. The Kier molecular flexibility index (Phi) is 5.20. The number of hydrogen-bond acceptors (Lipinski definition) is 4. The Balaban J connectivity index is 1.51. The van der Waals surface area contributed by atoms with Gasteiger partial charge < -0.3 is 10.2 Å². The number of carbonyl (C=O) groups is 1. The summed E-state index contributed by atoms with van der Waals surface area (Å²) in [4.78, 5) is 16.7. The normalized spacial score (nSPS) is 15.1. The van der Waals surface area contributed by atoms with Crippen molar-refractivity contribution in [1.82, 2.24) is 14.7 Å². The first-order chi connectivity index (χ1) is 16.8. The van der Waals surface area contributed by atoms with Crippen molar-refractivity contribution >= 4 is 22.9 Å². The molecule has 6 rings (SSSR count). The predicted octanol–water partition coefficient (Wildman–Crippen LogP) is 6.37. The SMILES string of the molecule is O=C1c2ccccc2NC(c2cn(-c3ccccc3)nc2-c2cccs2)N1Cc1ccccc1. The second kappa shape index (κ2) is 8.65. The van der Waals surface area contributed by atoms with Gasteiger partial charge in [-0.05, 0) is 41.3 Å². The minimum atomic E-state index is -0.364. The van der Waals surface area contributed by atoms with Crippen molar-refractivity contribution in [2.75, 3.05) is 5.32 Å². The zero-order chi connectivity index (χ0) is 22.9. The summed E-state index contributed by atoms with van der Waals surface area (Å²) in [5.41, 5.74) is 5.42. The van der Waals surface area contributed by atoms with E-state index in [2.05, 4.69) is 28.9 Å². The van der Waals surface area contributed by atoms with Crippen LogP contribution < -0.4 is 5.32 Å². The number of benzene rings is 3. The Morgan fingerprint density at radius 2 is 1.59 bits per heavy atom. The van der Waals surface area contributed by atoms with Gasteiger partial charge >= 0.3 is 0 Å². The van der Waals surface area contributed by atoms with Gasteiger partial charge in [-0.3, -0.25) is 4.79 Å². The van der Waals surface area contributed by atoms with Crippen LogP contribution in [-0.2, 0) is 6.54 Å². The first-order valence-electron chi connectivity index (χ1n) is 11.2. The van der Waals surface area contributed by atoms with Gasteiger partial charge in [-0.2, -0.15) is 5.10 Å². The highest BCUT2D eigenvalue weighted by Gasteiger charge is 2.35. The fraction of sp³-hybridized carbons (Fsp3) is 0.0714. The van der Waals surface area contributed by atoms with Crippen molar-refractivity contribution in [3.05, 3.63) is 125 Å². The van der Waals surface area contributed by atoms with E-state index in [0.717, 1.165) is 33.1 Å².